The van der Waals surface area contributed by atoms with E-state index >= 15 is 0 Å². The largest absolute Gasteiger partial charge is 0.396 e. The van der Waals surface area contributed by atoms with Crippen LogP contribution >= 0.6 is 0 Å². The van der Waals surface area contributed by atoms with E-state index in [-0.39, 0.29) is 6.61 Å². The number of aliphatic hydroxyl groups excluding tert-OH is 1. The number of hydrogen-bond acceptors (Lipinski definition) is 2. The van der Waals surface area contributed by atoms with Crippen LogP contribution in [0.2, 0.25) is 0 Å². The van der Waals surface area contributed by atoms with E-state index in [2.05, 4.69) is 37.3 Å². The van der Waals surface area contributed by atoms with Crippen LogP contribution < -0.4 is 0 Å². The Morgan fingerprint density at radius 3 is 2.55 bits per heavy atom. The molecule has 20 heavy (non-hydrogen) atoms. The van der Waals surface area contributed by atoms with Gasteiger partial charge in [-0.15, -0.1) is 0 Å². The molecular formula is C18H17NO. The predicted octanol–water partition coefficient (Wildman–Crippen LogP) is 3.75. The molecule has 2 heteroatoms. The maximum Gasteiger partial charge on any atom is 0.0742 e. The van der Waals surface area contributed by atoms with Crippen LogP contribution in [0.1, 0.15) is 11.1 Å². The zero-order valence-corrected chi connectivity index (χ0v) is 11.5. The van der Waals surface area contributed by atoms with Crippen LogP contribution in [0.25, 0.3) is 22.2 Å². The summed E-state index contributed by atoms with van der Waals surface area (Å²) in [7, 11) is 0. The van der Waals surface area contributed by atoms with Crippen molar-refractivity contribution >= 4 is 10.9 Å². The average Bonchev–Trinajstić information content (AvgIpc) is 2.48. The third-order valence-electron chi connectivity index (χ3n) is 3.55. The van der Waals surface area contributed by atoms with E-state index in [0.717, 1.165) is 27.7 Å². The Morgan fingerprint density at radius 1 is 1.00 bits per heavy atom. The maximum atomic E-state index is 9.29. The second-order valence-electron chi connectivity index (χ2n) is 4.98. The minimum Gasteiger partial charge on any atom is -0.396 e. The fourth-order valence-corrected chi connectivity index (χ4v) is 2.55. The Hall–Kier alpha value is -2.19. The van der Waals surface area contributed by atoms with E-state index in [9.17, 15) is 5.11 Å². The Balaban J connectivity index is 2.28. The monoisotopic (exact) mass is 263 g/mol. The molecule has 0 bridgehead atoms. The molecule has 1 heterocycles. The first-order chi connectivity index (χ1) is 9.79. The van der Waals surface area contributed by atoms with Gasteiger partial charge in [0.05, 0.1) is 11.2 Å². The number of aryl methyl sites for hydroxylation is 1. The molecule has 100 valence electrons. The van der Waals surface area contributed by atoms with Crippen LogP contribution in [-0.2, 0) is 6.42 Å². The number of fused-ring (bicyclic) bond motifs is 1. The van der Waals surface area contributed by atoms with Crippen molar-refractivity contribution in [2.45, 2.75) is 13.3 Å². The molecule has 1 N–H and O–H groups in total. The van der Waals surface area contributed by atoms with E-state index in [1.807, 2.05) is 24.3 Å². The molecule has 0 saturated carbocycles. The number of benzene rings is 2. The molecule has 0 amide bonds. The molecular weight excluding hydrogens is 246 g/mol. The topological polar surface area (TPSA) is 33.1 Å². The van der Waals surface area contributed by atoms with Crippen LogP contribution in [0.15, 0.2) is 54.6 Å². The zero-order chi connectivity index (χ0) is 13.9. The number of pyridine rings is 1. The zero-order valence-electron chi connectivity index (χ0n) is 11.5. The third-order valence-corrected chi connectivity index (χ3v) is 3.55. The second-order valence-corrected chi connectivity index (χ2v) is 4.98. The summed E-state index contributed by atoms with van der Waals surface area (Å²) >= 11 is 0. The van der Waals surface area contributed by atoms with Crippen molar-refractivity contribution in [2.75, 3.05) is 6.61 Å². The van der Waals surface area contributed by atoms with Gasteiger partial charge in [-0.2, -0.15) is 0 Å². The van der Waals surface area contributed by atoms with Crippen molar-refractivity contribution in [3.8, 4) is 11.3 Å². The van der Waals surface area contributed by atoms with Gasteiger partial charge in [-0.05, 0) is 30.5 Å². The van der Waals surface area contributed by atoms with Crippen LogP contribution in [0.5, 0.6) is 0 Å². The Labute approximate surface area is 118 Å². The van der Waals surface area contributed by atoms with E-state index in [1.165, 1.54) is 5.56 Å². The SMILES string of the molecule is Cc1cccc2cc(CCO)c(-c3ccccc3)nc12. The molecule has 0 unspecified atom stereocenters. The number of nitrogens with zero attached hydrogens (tertiary/aromatic N) is 1. The summed E-state index contributed by atoms with van der Waals surface area (Å²) in [6, 6.07) is 18.5. The quantitative estimate of drug-likeness (QED) is 0.780. The molecule has 0 spiro atoms. The highest BCUT2D eigenvalue weighted by molar-refractivity contribution is 5.85. The molecule has 2 aromatic carbocycles. The molecule has 3 rings (SSSR count). The Bertz CT molecular complexity index is 735. The molecule has 1 aromatic heterocycles. The minimum atomic E-state index is 0.138. The highest BCUT2D eigenvalue weighted by atomic mass is 16.2. The smallest absolute Gasteiger partial charge is 0.0742 e. The summed E-state index contributed by atoms with van der Waals surface area (Å²) in [5.74, 6) is 0. The van der Waals surface area contributed by atoms with Gasteiger partial charge >= 0.3 is 0 Å². The molecule has 0 aliphatic rings. The standard InChI is InChI=1S/C18H17NO/c1-13-6-5-9-15-12-16(10-11-20)18(19-17(13)15)14-7-3-2-4-8-14/h2-9,12,20H,10-11H2,1H3. The number of hydrogen-bond donors (Lipinski definition) is 1. The van der Waals surface area contributed by atoms with Crippen molar-refractivity contribution in [3.05, 3.63) is 65.7 Å². The van der Waals surface area contributed by atoms with Gasteiger partial charge in [0.2, 0.25) is 0 Å². The number of aromatic nitrogens is 1. The van der Waals surface area contributed by atoms with Gasteiger partial charge in [0.1, 0.15) is 0 Å². The summed E-state index contributed by atoms with van der Waals surface area (Å²) in [5.41, 5.74) is 5.38. The van der Waals surface area contributed by atoms with Crippen LogP contribution in [0.3, 0.4) is 0 Å². The summed E-state index contributed by atoms with van der Waals surface area (Å²) in [4.78, 5) is 4.85. The lowest BCUT2D eigenvalue weighted by Crippen LogP contribution is -1.98. The minimum absolute atomic E-state index is 0.138. The van der Waals surface area contributed by atoms with Gasteiger partial charge in [0.25, 0.3) is 0 Å². The summed E-state index contributed by atoms with van der Waals surface area (Å²) in [6.07, 6.45) is 0.626. The van der Waals surface area contributed by atoms with Crippen molar-refractivity contribution in [1.29, 1.82) is 0 Å². The maximum absolute atomic E-state index is 9.29. The normalized spacial score (nSPS) is 10.9. The van der Waals surface area contributed by atoms with E-state index in [4.69, 9.17) is 4.98 Å². The number of rotatable bonds is 3. The van der Waals surface area contributed by atoms with Gasteiger partial charge in [-0.3, -0.25) is 0 Å². The van der Waals surface area contributed by atoms with Crippen LogP contribution in [0, 0.1) is 6.92 Å². The summed E-state index contributed by atoms with van der Waals surface area (Å²) in [5, 5.41) is 10.4. The van der Waals surface area contributed by atoms with E-state index in [1.54, 1.807) is 0 Å². The molecule has 3 aromatic rings. The van der Waals surface area contributed by atoms with E-state index < -0.39 is 0 Å². The van der Waals surface area contributed by atoms with Crippen LogP contribution in [-0.4, -0.2) is 16.7 Å². The first kappa shape index (κ1) is 12.8. The molecule has 0 radical (unpaired) electrons. The Morgan fingerprint density at radius 2 is 1.80 bits per heavy atom. The highest BCUT2D eigenvalue weighted by Gasteiger charge is 2.09. The first-order valence-electron chi connectivity index (χ1n) is 6.85. The van der Waals surface area contributed by atoms with Crippen molar-refractivity contribution in [1.82, 2.24) is 4.98 Å². The van der Waals surface area contributed by atoms with Crippen molar-refractivity contribution < 1.29 is 5.11 Å². The highest BCUT2D eigenvalue weighted by Crippen LogP contribution is 2.27. The van der Waals surface area contributed by atoms with Gasteiger partial charge in [0.15, 0.2) is 0 Å². The molecule has 0 fully saturated rings. The lowest BCUT2D eigenvalue weighted by molar-refractivity contribution is 0.299. The van der Waals surface area contributed by atoms with Crippen molar-refractivity contribution in [2.24, 2.45) is 0 Å². The third kappa shape index (κ3) is 2.30. The summed E-state index contributed by atoms with van der Waals surface area (Å²) < 4.78 is 0. The fraction of sp³-hybridized carbons (Fsp3) is 0.167. The van der Waals surface area contributed by atoms with Crippen molar-refractivity contribution in [3.63, 3.8) is 0 Å². The number of para-hydroxylation sites is 1. The molecule has 0 aliphatic carbocycles. The second kappa shape index (κ2) is 5.43. The van der Waals surface area contributed by atoms with E-state index in [0.29, 0.717) is 6.42 Å². The number of aliphatic hydroxyl groups is 1. The van der Waals surface area contributed by atoms with Gasteiger partial charge in [0, 0.05) is 17.6 Å². The first-order valence-corrected chi connectivity index (χ1v) is 6.85. The lowest BCUT2D eigenvalue weighted by Gasteiger charge is -2.11. The molecule has 0 saturated heterocycles. The van der Waals surface area contributed by atoms with Gasteiger partial charge in [-0.25, -0.2) is 4.98 Å². The summed E-state index contributed by atoms with van der Waals surface area (Å²) in [6.45, 7) is 2.22. The van der Waals surface area contributed by atoms with Gasteiger partial charge in [-0.1, -0.05) is 48.5 Å². The van der Waals surface area contributed by atoms with Gasteiger partial charge < -0.3 is 5.11 Å². The molecule has 0 aliphatic heterocycles. The lowest BCUT2D eigenvalue weighted by atomic mass is 10.00. The molecule has 0 atom stereocenters. The Kier molecular flexibility index (Phi) is 3.48. The molecule has 2 nitrogen and oxygen atoms in total. The predicted molar refractivity (Wildman–Crippen MR) is 82.7 cm³/mol. The average molecular weight is 263 g/mol. The fourth-order valence-electron chi connectivity index (χ4n) is 2.55. The van der Waals surface area contributed by atoms with Crippen LogP contribution in [0.4, 0.5) is 0 Å².